The van der Waals surface area contributed by atoms with Gasteiger partial charge in [-0.05, 0) is 17.5 Å². The number of nitrogens with zero attached hydrogens (tertiary/aromatic N) is 1. The molecule has 0 spiro atoms. The number of nitrogens with one attached hydrogen (secondary N) is 2. The molecule has 1 aromatic carbocycles. The smallest absolute Gasteiger partial charge is 0.268 e. The highest BCUT2D eigenvalue weighted by Crippen LogP contribution is 2.15. The Labute approximate surface area is 111 Å². The van der Waals surface area contributed by atoms with Crippen LogP contribution in [0.1, 0.15) is 9.67 Å². The fourth-order valence-electron chi connectivity index (χ4n) is 1.75. The van der Waals surface area contributed by atoms with Crippen LogP contribution >= 0.6 is 11.3 Å². The van der Waals surface area contributed by atoms with Crippen molar-refractivity contribution in [2.24, 2.45) is 0 Å². The highest BCUT2D eigenvalue weighted by atomic mass is 32.1. The van der Waals surface area contributed by atoms with Gasteiger partial charge in [-0.25, -0.2) is 4.98 Å². The lowest BCUT2D eigenvalue weighted by molar-refractivity contribution is 0.102. The quantitative estimate of drug-likeness (QED) is 0.750. The number of carbonyl (C=O) groups excluding carboxylic acids is 1. The van der Waals surface area contributed by atoms with Gasteiger partial charge in [-0.1, -0.05) is 29.5 Å². The molecular formula is C13H9N3O2S. The first-order chi connectivity index (χ1) is 9.24. The Kier molecular flexibility index (Phi) is 2.85. The highest BCUT2D eigenvalue weighted by molar-refractivity contribution is 7.12. The second-order valence-corrected chi connectivity index (χ2v) is 4.89. The van der Waals surface area contributed by atoms with Crippen LogP contribution in [0.3, 0.4) is 0 Å². The average molecular weight is 271 g/mol. The van der Waals surface area contributed by atoms with Gasteiger partial charge in [0.2, 0.25) is 10.7 Å². The maximum absolute atomic E-state index is 12.0. The number of aromatic nitrogens is 2. The Morgan fingerprint density at radius 1 is 1.32 bits per heavy atom. The molecule has 0 aliphatic carbocycles. The van der Waals surface area contributed by atoms with E-state index in [-0.39, 0.29) is 10.6 Å². The molecule has 1 amide bonds. The van der Waals surface area contributed by atoms with Crippen molar-refractivity contribution in [2.45, 2.75) is 0 Å². The van der Waals surface area contributed by atoms with Crippen LogP contribution in [-0.2, 0) is 0 Å². The number of imidazole rings is 1. The summed E-state index contributed by atoms with van der Waals surface area (Å²) in [5.41, 5.74) is 0. The first-order valence-electron chi connectivity index (χ1n) is 5.58. The topological polar surface area (TPSA) is 74.8 Å². The molecule has 0 radical (unpaired) electrons. The van der Waals surface area contributed by atoms with Gasteiger partial charge < -0.3 is 4.98 Å². The molecule has 2 heterocycles. The summed E-state index contributed by atoms with van der Waals surface area (Å²) < 4.78 is -0.123. The molecule has 2 N–H and O–H groups in total. The number of aromatic amines is 1. The minimum Gasteiger partial charge on any atom is -0.331 e. The fourth-order valence-corrected chi connectivity index (χ4v) is 2.57. The summed E-state index contributed by atoms with van der Waals surface area (Å²) in [6.07, 6.45) is 3.15. The van der Waals surface area contributed by atoms with Crippen LogP contribution in [-0.4, -0.2) is 15.9 Å². The summed E-state index contributed by atoms with van der Waals surface area (Å²) in [6, 6.07) is 8.91. The van der Waals surface area contributed by atoms with Crippen molar-refractivity contribution in [1.29, 1.82) is 0 Å². The van der Waals surface area contributed by atoms with E-state index in [1.165, 1.54) is 0 Å². The summed E-state index contributed by atoms with van der Waals surface area (Å²) >= 11 is 0.928. The summed E-state index contributed by atoms with van der Waals surface area (Å²) in [6.45, 7) is 0. The molecule has 3 aromatic rings. The molecular weight excluding hydrogens is 262 g/mol. The molecule has 19 heavy (non-hydrogen) atoms. The maximum Gasteiger partial charge on any atom is 0.268 e. The number of hydrogen-bond donors (Lipinski definition) is 2. The number of hydrogen-bond acceptors (Lipinski definition) is 4. The van der Waals surface area contributed by atoms with Gasteiger partial charge in [-0.3, -0.25) is 14.9 Å². The lowest BCUT2D eigenvalue weighted by Crippen LogP contribution is -2.13. The van der Waals surface area contributed by atoms with Gasteiger partial charge in [0.05, 0.1) is 4.88 Å². The van der Waals surface area contributed by atoms with Gasteiger partial charge in [-0.2, -0.15) is 0 Å². The zero-order valence-corrected chi connectivity index (χ0v) is 10.5. The third-order valence-electron chi connectivity index (χ3n) is 2.62. The first-order valence-corrected chi connectivity index (χ1v) is 6.39. The van der Waals surface area contributed by atoms with Crippen LogP contribution in [0.2, 0.25) is 0 Å². The Hall–Kier alpha value is -2.47. The molecule has 6 heteroatoms. The molecule has 94 valence electrons. The van der Waals surface area contributed by atoms with Crippen molar-refractivity contribution < 1.29 is 4.79 Å². The molecule has 0 fully saturated rings. The van der Waals surface area contributed by atoms with Gasteiger partial charge in [0, 0.05) is 17.8 Å². The average Bonchev–Trinajstić information content (AvgIpc) is 2.91. The van der Waals surface area contributed by atoms with Gasteiger partial charge in [-0.15, -0.1) is 0 Å². The molecule has 3 rings (SSSR count). The van der Waals surface area contributed by atoms with Crippen LogP contribution in [0, 0.1) is 0 Å². The standard InChI is InChI=1S/C13H9N3O2S/c17-11(16-13-14-5-6-15-13)10-7-8-3-1-2-4-9(8)12(18)19-10/h1-7H,(H2,14,15,16,17). The second kappa shape index (κ2) is 4.66. The third kappa shape index (κ3) is 2.25. The predicted octanol–water partition coefficient (Wildman–Crippen LogP) is 2.24. The molecule has 0 aliphatic rings. The Morgan fingerprint density at radius 3 is 2.95 bits per heavy atom. The SMILES string of the molecule is O=C(Nc1ncc[nH]1)c1cc2ccccc2c(=O)s1. The van der Waals surface area contributed by atoms with Crippen molar-refractivity contribution in [3.63, 3.8) is 0 Å². The molecule has 0 saturated carbocycles. The fraction of sp³-hybridized carbons (Fsp3) is 0. The van der Waals surface area contributed by atoms with Crippen molar-refractivity contribution >= 4 is 34.0 Å². The summed E-state index contributed by atoms with van der Waals surface area (Å²) in [5.74, 6) is 0.0145. The van der Waals surface area contributed by atoms with E-state index in [1.807, 2.05) is 12.1 Å². The summed E-state index contributed by atoms with van der Waals surface area (Å²) in [4.78, 5) is 31.0. The van der Waals surface area contributed by atoms with E-state index >= 15 is 0 Å². The van der Waals surface area contributed by atoms with E-state index in [1.54, 1.807) is 30.6 Å². The number of amides is 1. The Bertz CT molecular complexity index is 793. The number of rotatable bonds is 2. The third-order valence-corrected chi connectivity index (χ3v) is 3.55. The lowest BCUT2D eigenvalue weighted by Gasteiger charge is -2.02. The van der Waals surface area contributed by atoms with Gasteiger partial charge in [0.15, 0.2) is 0 Å². The lowest BCUT2D eigenvalue weighted by atomic mass is 10.2. The minimum absolute atomic E-state index is 0.123. The van der Waals surface area contributed by atoms with Crippen LogP contribution in [0.4, 0.5) is 5.95 Å². The summed E-state index contributed by atoms with van der Waals surface area (Å²) in [7, 11) is 0. The van der Waals surface area contributed by atoms with Crippen molar-refractivity contribution in [3.8, 4) is 0 Å². The number of fused-ring (bicyclic) bond motifs is 1. The number of benzene rings is 1. The number of anilines is 1. The van der Waals surface area contributed by atoms with E-state index < -0.39 is 0 Å². The van der Waals surface area contributed by atoms with E-state index in [2.05, 4.69) is 15.3 Å². The Morgan fingerprint density at radius 2 is 2.16 bits per heavy atom. The largest absolute Gasteiger partial charge is 0.331 e. The van der Waals surface area contributed by atoms with Crippen LogP contribution < -0.4 is 10.1 Å². The number of carbonyl (C=O) groups is 1. The molecule has 0 aliphatic heterocycles. The van der Waals surface area contributed by atoms with Crippen molar-refractivity contribution in [1.82, 2.24) is 9.97 Å². The van der Waals surface area contributed by atoms with Crippen LogP contribution in [0.5, 0.6) is 0 Å². The Balaban J connectivity index is 2.01. The van der Waals surface area contributed by atoms with E-state index in [0.29, 0.717) is 16.2 Å². The zero-order valence-electron chi connectivity index (χ0n) is 9.71. The molecule has 2 aromatic heterocycles. The predicted molar refractivity (Wildman–Crippen MR) is 74.6 cm³/mol. The number of H-pyrrole nitrogens is 1. The maximum atomic E-state index is 12.0. The van der Waals surface area contributed by atoms with Gasteiger partial charge in [0.1, 0.15) is 0 Å². The zero-order chi connectivity index (χ0) is 13.2. The van der Waals surface area contributed by atoms with Gasteiger partial charge in [0.25, 0.3) is 5.91 Å². The first kappa shape index (κ1) is 11.6. The minimum atomic E-state index is -0.345. The van der Waals surface area contributed by atoms with Gasteiger partial charge >= 0.3 is 0 Å². The van der Waals surface area contributed by atoms with E-state index in [0.717, 1.165) is 16.7 Å². The molecule has 0 bridgehead atoms. The molecule has 5 nitrogen and oxygen atoms in total. The van der Waals surface area contributed by atoms with E-state index in [9.17, 15) is 9.59 Å². The molecule has 0 saturated heterocycles. The second-order valence-electron chi connectivity index (χ2n) is 3.88. The molecule has 0 atom stereocenters. The monoisotopic (exact) mass is 271 g/mol. The summed E-state index contributed by atoms with van der Waals surface area (Å²) in [5, 5.41) is 3.98. The highest BCUT2D eigenvalue weighted by Gasteiger charge is 2.11. The normalized spacial score (nSPS) is 10.5. The van der Waals surface area contributed by atoms with Crippen molar-refractivity contribution in [3.05, 3.63) is 57.1 Å². The van der Waals surface area contributed by atoms with E-state index in [4.69, 9.17) is 0 Å². The van der Waals surface area contributed by atoms with Crippen LogP contribution in [0.15, 0.2) is 47.5 Å². The van der Waals surface area contributed by atoms with Crippen molar-refractivity contribution in [2.75, 3.05) is 5.32 Å². The van der Waals surface area contributed by atoms with Crippen LogP contribution in [0.25, 0.3) is 10.8 Å². The molecule has 0 unspecified atom stereocenters.